The number of benzene rings is 4. The van der Waals surface area contributed by atoms with Crippen molar-refractivity contribution in [3.8, 4) is 16.9 Å². The van der Waals surface area contributed by atoms with Crippen LogP contribution in [0.1, 0.15) is 19.4 Å². The summed E-state index contributed by atoms with van der Waals surface area (Å²) in [6, 6.07) is 28.0. The van der Waals surface area contributed by atoms with Gasteiger partial charge in [0.1, 0.15) is 11.3 Å². The number of rotatable bonds is 6. The van der Waals surface area contributed by atoms with Gasteiger partial charge in [0.2, 0.25) is 5.91 Å². The highest BCUT2D eigenvalue weighted by atomic mass is 16.5. The lowest BCUT2D eigenvalue weighted by Gasteiger charge is -2.12. The zero-order valence-electron chi connectivity index (χ0n) is 19.2. The topological polar surface area (TPSA) is 51.5 Å². The standard InChI is InChI=1S/C30H25NO3/c1-3-33-28-18-29-26(17-25(28)20(2)16-30(32)31-22-12-5-4-6-13-22)27(19-34-29)24-15-9-11-21-10-7-8-14-23(21)24/h4-19H,3H2,1-2H3,(H,31,32)/b20-16+. The maximum absolute atomic E-state index is 12.7. The molecular formula is C30H25NO3. The molecule has 0 aliphatic rings. The fourth-order valence-corrected chi connectivity index (χ4v) is 4.28. The molecule has 1 aromatic heterocycles. The Labute approximate surface area is 198 Å². The summed E-state index contributed by atoms with van der Waals surface area (Å²) >= 11 is 0. The molecule has 1 amide bonds. The van der Waals surface area contributed by atoms with Crippen molar-refractivity contribution < 1.29 is 13.9 Å². The Morgan fingerprint density at radius 1 is 0.912 bits per heavy atom. The molecule has 0 atom stereocenters. The summed E-state index contributed by atoms with van der Waals surface area (Å²) < 4.78 is 11.9. The number of furan rings is 1. The fourth-order valence-electron chi connectivity index (χ4n) is 4.28. The van der Waals surface area contributed by atoms with Crippen LogP contribution in [0.2, 0.25) is 0 Å². The molecule has 5 rings (SSSR count). The van der Waals surface area contributed by atoms with Crippen molar-refractivity contribution in [1.82, 2.24) is 0 Å². The first-order valence-corrected chi connectivity index (χ1v) is 11.3. The molecule has 0 bridgehead atoms. The molecule has 1 N–H and O–H groups in total. The van der Waals surface area contributed by atoms with Crippen molar-refractivity contribution in [3.63, 3.8) is 0 Å². The number of carbonyl (C=O) groups is 1. The minimum absolute atomic E-state index is 0.187. The third kappa shape index (κ3) is 4.18. The molecule has 0 aliphatic carbocycles. The monoisotopic (exact) mass is 447 g/mol. The molecule has 34 heavy (non-hydrogen) atoms. The quantitative estimate of drug-likeness (QED) is 0.271. The van der Waals surface area contributed by atoms with Crippen LogP contribution in [0.15, 0.2) is 102 Å². The number of fused-ring (bicyclic) bond motifs is 2. The molecular weight excluding hydrogens is 422 g/mol. The van der Waals surface area contributed by atoms with Gasteiger partial charge in [-0.2, -0.15) is 0 Å². The lowest BCUT2D eigenvalue weighted by Crippen LogP contribution is -2.08. The molecule has 4 nitrogen and oxygen atoms in total. The van der Waals surface area contributed by atoms with Crippen LogP contribution in [0.3, 0.4) is 0 Å². The number of anilines is 1. The van der Waals surface area contributed by atoms with Gasteiger partial charge in [0.05, 0.1) is 12.9 Å². The van der Waals surface area contributed by atoms with Gasteiger partial charge < -0.3 is 14.5 Å². The Balaban J connectivity index is 1.60. The summed E-state index contributed by atoms with van der Waals surface area (Å²) in [5.74, 6) is 0.503. The van der Waals surface area contributed by atoms with Gasteiger partial charge in [-0.25, -0.2) is 0 Å². The van der Waals surface area contributed by atoms with Crippen molar-refractivity contribution in [2.24, 2.45) is 0 Å². The van der Waals surface area contributed by atoms with E-state index in [1.165, 1.54) is 5.39 Å². The van der Waals surface area contributed by atoms with E-state index >= 15 is 0 Å². The lowest BCUT2D eigenvalue weighted by atomic mass is 9.96. The van der Waals surface area contributed by atoms with Gasteiger partial charge in [-0.05, 0) is 54.0 Å². The van der Waals surface area contributed by atoms with E-state index < -0.39 is 0 Å². The molecule has 4 aromatic carbocycles. The zero-order valence-corrected chi connectivity index (χ0v) is 19.2. The second kappa shape index (κ2) is 9.28. The van der Waals surface area contributed by atoms with Gasteiger partial charge in [0, 0.05) is 34.3 Å². The Hall–Kier alpha value is -4.31. The minimum Gasteiger partial charge on any atom is -0.493 e. The van der Waals surface area contributed by atoms with Crippen molar-refractivity contribution in [1.29, 1.82) is 0 Å². The van der Waals surface area contributed by atoms with Gasteiger partial charge in [-0.15, -0.1) is 0 Å². The second-order valence-electron chi connectivity index (χ2n) is 8.14. The Bertz CT molecular complexity index is 1510. The lowest BCUT2D eigenvalue weighted by molar-refractivity contribution is -0.111. The Kier molecular flexibility index (Phi) is 5.88. The van der Waals surface area contributed by atoms with Crippen LogP contribution < -0.4 is 10.1 Å². The third-order valence-electron chi connectivity index (χ3n) is 5.87. The summed E-state index contributed by atoms with van der Waals surface area (Å²) in [7, 11) is 0. The van der Waals surface area contributed by atoms with E-state index in [0.717, 1.165) is 44.3 Å². The van der Waals surface area contributed by atoms with Crippen molar-refractivity contribution >= 4 is 38.9 Å². The average molecular weight is 448 g/mol. The number of amides is 1. The largest absolute Gasteiger partial charge is 0.493 e. The SMILES string of the molecule is CCOc1cc2occ(-c3cccc4ccccc34)c2cc1/C(C)=C/C(=O)Nc1ccccc1. The molecule has 0 saturated heterocycles. The van der Waals surface area contributed by atoms with E-state index in [1.54, 1.807) is 12.3 Å². The zero-order chi connectivity index (χ0) is 23.5. The highest BCUT2D eigenvalue weighted by Crippen LogP contribution is 2.39. The summed E-state index contributed by atoms with van der Waals surface area (Å²) in [6.45, 7) is 4.38. The van der Waals surface area contributed by atoms with Crippen molar-refractivity contribution in [2.45, 2.75) is 13.8 Å². The number of nitrogens with one attached hydrogen (secondary N) is 1. The normalized spacial score (nSPS) is 11.6. The van der Waals surface area contributed by atoms with Crippen LogP contribution in [0.5, 0.6) is 5.75 Å². The number of allylic oxidation sites excluding steroid dienone is 1. The third-order valence-corrected chi connectivity index (χ3v) is 5.87. The second-order valence-corrected chi connectivity index (χ2v) is 8.14. The van der Waals surface area contributed by atoms with Crippen molar-refractivity contribution in [3.05, 3.63) is 103 Å². The molecule has 5 aromatic rings. The van der Waals surface area contributed by atoms with Gasteiger partial charge in [-0.1, -0.05) is 60.7 Å². The van der Waals surface area contributed by atoms with Crippen LogP contribution in [-0.4, -0.2) is 12.5 Å². The summed E-state index contributed by atoms with van der Waals surface area (Å²) in [6.07, 6.45) is 3.40. The highest BCUT2D eigenvalue weighted by Gasteiger charge is 2.16. The number of carbonyl (C=O) groups excluding carboxylic acids is 1. The van der Waals surface area contributed by atoms with Crippen LogP contribution in [0, 0.1) is 0 Å². The molecule has 0 unspecified atom stereocenters. The van der Waals surface area contributed by atoms with Crippen LogP contribution >= 0.6 is 0 Å². The minimum atomic E-state index is -0.187. The van der Waals surface area contributed by atoms with E-state index in [9.17, 15) is 4.79 Å². The molecule has 0 aliphatic heterocycles. The van der Waals surface area contributed by atoms with Crippen LogP contribution in [-0.2, 0) is 4.79 Å². The predicted octanol–water partition coefficient (Wildman–Crippen LogP) is 7.69. The Morgan fingerprint density at radius 3 is 2.50 bits per heavy atom. The number of hydrogen-bond donors (Lipinski definition) is 1. The highest BCUT2D eigenvalue weighted by molar-refractivity contribution is 6.07. The summed E-state index contributed by atoms with van der Waals surface area (Å²) in [5.41, 5.74) is 5.29. The molecule has 0 radical (unpaired) electrons. The fraction of sp³-hybridized carbons (Fsp3) is 0.100. The van der Waals surface area contributed by atoms with E-state index in [4.69, 9.17) is 9.15 Å². The summed E-state index contributed by atoms with van der Waals surface area (Å²) in [5, 5.41) is 6.23. The van der Waals surface area contributed by atoms with Gasteiger partial charge in [0.25, 0.3) is 0 Å². The average Bonchev–Trinajstić information content (AvgIpc) is 3.26. The molecule has 0 fully saturated rings. The van der Waals surface area contributed by atoms with Crippen molar-refractivity contribution in [2.75, 3.05) is 11.9 Å². The Morgan fingerprint density at radius 2 is 1.68 bits per heavy atom. The number of ether oxygens (including phenoxy) is 1. The van der Waals surface area contributed by atoms with E-state index in [1.807, 2.05) is 62.4 Å². The first kappa shape index (κ1) is 21.5. The number of para-hydroxylation sites is 1. The predicted molar refractivity (Wildman–Crippen MR) is 139 cm³/mol. The van der Waals surface area contributed by atoms with Gasteiger partial charge in [0.15, 0.2) is 0 Å². The van der Waals surface area contributed by atoms with Crippen LogP contribution in [0.25, 0.3) is 38.4 Å². The van der Waals surface area contributed by atoms with Gasteiger partial charge >= 0.3 is 0 Å². The maximum Gasteiger partial charge on any atom is 0.248 e. The summed E-state index contributed by atoms with van der Waals surface area (Å²) in [4.78, 5) is 12.7. The first-order valence-electron chi connectivity index (χ1n) is 11.3. The molecule has 1 heterocycles. The van der Waals surface area contributed by atoms with E-state index in [2.05, 4.69) is 41.7 Å². The molecule has 0 saturated carbocycles. The maximum atomic E-state index is 12.7. The first-order chi connectivity index (χ1) is 16.6. The van der Waals surface area contributed by atoms with Crippen LogP contribution in [0.4, 0.5) is 5.69 Å². The van der Waals surface area contributed by atoms with Gasteiger partial charge in [-0.3, -0.25) is 4.79 Å². The molecule has 168 valence electrons. The smallest absolute Gasteiger partial charge is 0.248 e. The molecule has 4 heteroatoms. The number of hydrogen-bond acceptors (Lipinski definition) is 3. The van der Waals surface area contributed by atoms with E-state index in [-0.39, 0.29) is 5.91 Å². The molecule has 0 spiro atoms. The van der Waals surface area contributed by atoms with E-state index in [0.29, 0.717) is 12.4 Å².